The van der Waals surface area contributed by atoms with Gasteiger partial charge in [0.15, 0.2) is 5.13 Å². The first-order valence-electron chi connectivity index (χ1n) is 11.7. The van der Waals surface area contributed by atoms with Crippen LogP contribution < -0.4 is 21.1 Å². The molecular formula is C26H29N5O3S. The van der Waals surface area contributed by atoms with Crippen molar-refractivity contribution in [2.24, 2.45) is 5.73 Å². The number of rotatable bonds is 9. The van der Waals surface area contributed by atoms with Crippen molar-refractivity contribution in [3.8, 4) is 5.75 Å². The molecule has 0 radical (unpaired) electrons. The van der Waals surface area contributed by atoms with Gasteiger partial charge in [-0.3, -0.25) is 9.69 Å². The largest absolute Gasteiger partial charge is 0.492 e. The number of morpholine rings is 1. The number of carbonyl (C=O) groups excluding carboxylic acids is 1. The highest BCUT2D eigenvalue weighted by molar-refractivity contribution is 7.22. The molecule has 8 nitrogen and oxygen atoms in total. The molecule has 4 N–H and O–H groups in total. The van der Waals surface area contributed by atoms with Crippen molar-refractivity contribution >= 4 is 32.6 Å². The summed E-state index contributed by atoms with van der Waals surface area (Å²) in [4.78, 5) is 19.5. The fourth-order valence-electron chi connectivity index (χ4n) is 4.02. The number of ether oxygens (including phenoxy) is 2. The Balaban J connectivity index is 1.12. The van der Waals surface area contributed by atoms with E-state index in [4.69, 9.17) is 15.2 Å². The number of hydrogen-bond donors (Lipinski definition) is 3. The van der Waals surface area contributed by atoms with Crippen LogP contribution in [0.2, 0.25) is 0 Å². The van der Waals surface area contributed by atoms with Crippen molar-refractivity contribution < 1.29 is 14.3 Å². The number of nitrogens with two attached hydrogens (primary N) is 1. The first kappa shape index (κ1) is 23.3. The molecule has 0 spiro atoms. The minimum Gasteiger partial charge on any atom is -0.492 e. The molecule has 5 rings (SSSR count). The zero-order valence-corrected chi connectivity index (χ0v) is 20.5. The summed E-state index contributed by atoms with van der Waals surface area (Å²) >= 11 is 1.60. The van der Waals surface area contributed by atoms with Crippen molar-refractivity contribution in [2.75, 3.05) is 44.8 Å². The van der Waals surface area contributed by atoms with E-state index in [9.17, 15) is 4.79 Å². The molecule has 182 valence electrons. The van der Waals surface area contributed by atoms with E-state index < -0.39 is 0 Å². The number of fused-ring (bicyclic) bond motifs is 1. The van der Waals surface area contributed by atoms with Gasteiger partial charge in [-0.25, -0.2) is 4.98 Å². The molecule has 1 saturated heterocycles. The Bertz CT molecular complexity index is 1280. The third-order valence-electron chi connectivity index (χ3n) is 6.09. The second kappa shape index (κ2) is 10.5. The van der Waals surface area contributed by atoms with Gasteiger partial charge in [0, 0.05) is 31.7 Å². The van der Waals surface area contributed by atoms with Crippen molar-refractivity contribution in [3.05, 3.63) is 76.6 Å². The summed E-state index contributed by atoms with van der Waals surface area (Å²) in [5.74, 6) is 0.698. The second-order valence-corrected chi connectivity index (χ2v) is 9.64. The topological polar surface area (TPSA) is 102 Å². The molecule has 1 aromatic heterocycles. The zero-order chi connectivity index (χ0) is 24.2. The van der Waals surface area contributed by atoms with Crippen LogP contribution in [0.4, 0.5) is 5.13 Å². The lowest BCUT2D eigenvalue weighted by Gasteiger charge is -2.26. The van der Waals surface area contributed by atoms with Crippen LogP contribution in [-0.2, 0) is 11.3 Å². The Hall–Kier alpha value is -3.40. The molecule has 2 aromatic carbocycles. The summed E-state index contributed by atoms with van der Waals surface area (Å²) in [6.07, 6.45) is 1.84. The second-order valence-electron chi connectivity index (χ2n) is 8.61. The molecule has 1 amide bonds. The van der Waals surface area contributed by atoms with Gasteiger partial charge >= 0.3 is 0 Å². The van der Waals surface area contributed by atoms with E-state index in [0.29, 0.717) is 30.1 Å². The number of allylic oxidation sites excluding steroid dienone is 2. The van der Waals surface area contributed by atoms with Crippen LogP contribution in [0.25, 0.3) is 10.2 Å². The summed E-state index contributed by atoms with van der Waals surface area (Å²) in [7, 11) is 0. The molecule has 0 unspecified atom stereocenters. The van der Waals surface area contributed by atoms with Gasteiger partial charge in [-0.2, -0.15) is 0 Å². The van der Waals surface area contributed by atoms with Gasteiger partial charge in [-0.05, 0) is 54.5 Å². The van der Waals surface area contributed by atoms with E-state index in [-0.39, 0.29) is 5.91 Å². The van der Waals surface area contributed by atoms with Gasteiger partial charge in [0.05, 0.1) is 34.8 Å². The van der Waals surface area contributed by atoms with Crippen molar-refractivity contribution in [1.29, 1.82) is 0 Å². The first-order valence-corrected chi connectivity index (χ1v) is 12.5. The van der Waals surface area contributed by atoms with E-state index in [1.165, 1.54) is 0 Å². The quantitative estimate of drug-likeness (QED) is 0.421. The van der Waals surface area contributed by atoms with E-state index >= 15 is 0 Å². The average Bonchev–Trinajstić information content (AvgIpc) is 3.29. The van der Waals surface area contributed by atoms with Crippen molar-refractivity contribution in [3.63, 3.8) is 0 Å². The lowest BCUT2D eigenvalue weighted by atomic mass is 10.0. The van der Waals surface area contributed by atoms with Crippen LogP contribution in [0.5, 0.6) is 5.75 Å². The van der Waals surface area contributed by atoms with Crippen LogP contribution in [0, 0.1) is 0 Å². The predicted molar refractivity (Wildman–Crippen MR) is 139 cm³/mol. The van der Waals surface area contributed by atoms with Gasteiger partial charge < -0.3 is 25.8 Å². The molecule has 0 atom stereocenters. The van der Waals surface area contributed by atoms with E-state index in [2.05, 4.69) is 20.5 Å². The molecule has 2 heterocycles. The Morgan fingerprint density at radius 1 is 1.20 bits per heavy atom. The summed E-state index contributed by atoms with van der Waals surface area (Å²) in [6.45, 7) is 7.62. The fraction of sp³-hybridized carbons (Fsp3) is 0.308. The maximum atomic E-state index is 12.4. The van der Waals surface area contributed by atoms with Crippen LogP contribution in [0.15, 0.2) is 65.5 Å². The molecule has 1 fully saturated rings. The minimum absolute atomic E-state index is 0.163. The standard InChI is InChI=1S/C26H29N5O3S/c1-17-14-21(27)24(17)30-25(32)19-4-2-18(3-5-19)16-28-26-29-22-7-6-20(15-23(22)35-26)34-13-10-31-8-11-33-12-9-31/h2-7,14-15H,8-13,16,27H2,1H3,(H,28,29)(H,30,32). The van der Waals surface area contributed by atoms with Gasteiger partial charge in [0.25, 0.3) is 5.91 Å². The number of nitrogens with zero attached hydrogens (tertiary/aromatic N) is 2. The Morgan fingerprint density at radius 2 is 2.00 bits per heavy atom. The molecule has 1 aliphatic carbocycles. The molecule has 3 aromatic rings. The predicted octanol–water partition coefficient (Wildman–Crippen LogP) is 3.48. The van der Waals surface area contributed by atoms with Crippen molar-refractivity contribution in [2.45, 2.75) is 13.5 Å². The van der Waals surface area contributed by atoms with Gasteiger partial charge in [0.2, 0.25) is 0 Å². The highest BCUT2D eigenvalue weighted by Crippen LogP contribution is 2.29. The SMILES string of the molecule is CC1=C(NC(=O)c2ccc(CNc3nc4ccc(OCCN5CCOCC5)cc4s3)cc2)C(N)=C1. The number of hydrogen-bond acceptors (Lipinski definition) is 8. The number of anilines is 1. The summed E-state index contributed by atoms with van der Waals surface area (Å²) in [6, 6.07) is 13.5. The van der Waals surface area contributed by atoms with E-state index in [0.717, 1.165) is 65.1 Å². The molecule has 2 aliphatic rings. The third-order valence-corrected chi connectivity index (χ3v) is 7.07. The number of amides is 1. The van der Waals surface area contributed by atoms with Crippen LogP contribution >= 0.6 is 11.3 Å². The average molecular weight is 492 g/mol. The first-order chi connectivity index (χ1) is 17.0. The van der Waals surface area contributed by atoms with Crippen molar-refractivity contribution in [1.82, 2.24) is 15.2 Å². The smallest absolute Gasteiger partial charge is 0.255 e. The summed E-state index contributed by atoms with van der Waals surface area (Å²) < 4.78 is 12.4. The fourth-order valence-corrected chi connectivity index (χ4v) is 4.91. The Kier molecular flexibility index (Phi) is 6.98. The van der Waals surface area contributed by atoms with Crippen LogP contribution in [0.3, 0.4) is 0 Å². The molecule has 0 bridgehead atoms. The van der Waals surface area contributed by atoms with E-state index in [1.54, 1.807) is 11.3 Å². The van der Waals surface area contributed by atoms with Crippen LogP contribution in [0.1, 0.15) is 22.8 Å². The lowest BCUT2D eigenvalue weighted by molar-refractivity contribution is 0.0322. The maximum Gasteiger partial charge on any atom is 0.255 e. The van der Waals surface area contributed by atoms with Gasteiger partial charge in [-0.15, -0.1) is 0 Å². The van der Waals surface area contributed by atoms with Gasteiger partial charge in [-0.1, -0.05) is 23.5 Å². The minimum atomic E-state index is -0.163. The number of thiazole rings is 1. The normalized spacial score (nSPS) is 16.1. The summed E-state index contributed by atoms with van der Waals surface area (Å²) in [5, 5.41) is 7.10. The Morgan fingerprint density at radius 3 is 2.74 bits per heavy atom. The highest BCUT2D eigenvalue weighted by Gasteiger charge is 2.17. The van der Waals surface area contributed by atoms with Crippen LogP contribution in [-0.4, -0.2) is 55.2 Å². The number of carbonyl (C=O) groups is 1. The molecule has 1 aliphatic heterocycles. The molecule has 35 heavy (non-hydrogen) atoms. The highest BCUT2D eigenvalue weighted by atomic mass is 32.1. The van der Waals surface area contributed by atoms with Gasteiger partial charge in [0.1, 0.15) is 12.4 Å². The molecule has 0 saturated carbocycles. The zero-order valence-electron chi connectivity index (χ0n) is 19.7. The van der Waals surface area contributed by atoms with E-state index in [1.807, 2.05) is 55.5 Å². The molecule has 9 heteroatoms. The number of benzene rings is 2. The third kappa shape index (κ3) is 5.64. The lowest BCUT2D eigenvalue weighted by Crippen LogP contribution is -2.38. The summed E-state index contributed by atoms with van der Waals surface area (Å²) in [5.41, 5.74) is 10.7. The monoisotopic (exact) mass is 491 g/mol. The number of aromatic nitrogens is 1. The number of nitrogens with one attached hydrogen (secondary N) is 2. The molecular weight excluding hydrogens is 462 g/mol. The Labute approximate surface area is 208 Å². The maximum absolute atomic E-state index is 12.4.